The molecule has 2 amide bonds. The van der Waals surface area contributed by atoms with Gasteiger partial charge in [0.25, 0.3) is 0 Å². The highest BCUT2D eigenvalue weighted by Gasteiger charge is 2.18. The average molecular weight is 389 g/mol. The lowest BCUT2D eigenvalue weighted by atomic mass is 10.2. The van der Waals surface area contributed by atoms with Crippen molar-refractivity contribution in [2.75, 3.05) is 49.5 Å². The van der Waals surface area contributed by atoms with Crippen LogP contribution < -0.4 is 20.7 Å². The van der Waals surface area contributed by atoms with E-state index < -0.39 is 6.03 Å². The first-order valence-corrected chi connectivity index (χ1v) is 9.51. The number of anilines is 2. The monoisotopic (exact) mass is 388 g/mol. The maximum absolute atomic E-state index is 10.8. The van der Waals surface area contributed by atoms with Crippen molar-refractivity contribution < 1.29 is 9.53 Å². The molecule has 3 N–H and O–H groups in total. The third-order valence-corrected chi connectivity index (χ3v) is 4.89. The summed E-state index contributed by atoms with van der Waals surface area (Å²) < 4.78 is 5.76. The lowest BCUT2D eigenvalue weighted by molar-refractivity contribution is 0.225. The second-order valence-electron chi connectivity index (χ2n) is 6.50. The zero-order valence-electron chi connectivity index (χ0n) is 15.2. The Hall–Kier alpha value is -2.44. The number of nitrogens with zero attached hydrogens (tertiary/aromatic N) is 2. The minimum absolute atomic E-state index is 0.571. The number of ether oxygens (including phenoxy) is 1. The molecule has 0 aliphatic carbocycles. The number of amides is 2. The third-order valence-electron chi connectivity index (χ3n) is 4.57. The zero-order chi connectivity index (χ0) is 19.1. The van der Waals surface area contributed by atoms with Crippen LogP contribution in [-0.2, 0) is 0 Å². The van der Waals surface area contributed by atoms with Gasteiger partial charge in [0.2, 0.25) is 0 Å². The van der Waals surface area contributed by atoms with Gasteiger partial charge >= 0.3 is 6.03 Å². The van der Waals surface area contributed by atoms with Crippen LogP contribution in [-0.4, -0.2) is 50.3 Å². The highest BCUT2D eigenvalue weighted by Crippen LogP contribution is 2.26. The van der Waals surface area contributed by atoms with Gasteiger partial charge in [0.15, 0.2) is 0 Å². The van der Waals surface area contributed by atoms with Gasteiger partial charge in [0.1, 0.15) is 5.75 Å². The largest absolute Gasteiger partial charge is 0.494 e. The molecule has 1 saturated heterocycles. The summed E-state index contributed by atoms with van der Waals surface area (Å²) in [7, 11) is 0. The van der Waals surface area contributed by atoms with Crippen LogP contribution in [0.1, 0.15) is 6.42 Å². The summed E-state index contributed by atoms with van der Waals surface area (Å²) in [5, 5.41) is 3.34. The van der Waals surface area contributed by atoms with E-state index in [4.69, 9.17) is 22.1 Å². The van der Waals surface area contributed by atoms with Crippen molar-refractivity contribution in [3.05, 3.63) is 53.6 Å². The molecule has 1 heterocycles. The number of hydrogen-bond acceptors (Lipinski definition) is 4. The summed E-state index contributed by atoms with van der Waals surface area (Å²) in [6, 6.07) is 14.6. The van der Waals surface area contributed by atoms with Gasteiger partial charge in [-0.15, -0.1) is 0 Å². The van der Waals surface area contributed by atoms with E-state index in [2.05, 4.69) is 21.2 Å². The number of nitrogens with two attached hydrogens (primary N) is 1. The Bertz CT molecular complexity index is 746. The topological polar surface area (TPSA) is 70.8 Å². The molecule has 27 heavy (non-hydrogen) atoms. The number of urea groups is 1. The fourth-order valence-corrected chi connectivity index (χ4v) is 3.43. The van der Waals surface area contributed by atoms with Gasteiger partial charge in [0.05, 0.1) is 17.3 Å². The molecule has 2 aromatic rings. The Morgan fingerprint density at radius 1 is 1.07 bits per heavy atom. The lowest BCUT2D eigenvalue weighted by Gasteiger charge is -2.36. The van der Waals surface area contributed by atoms with Crippen LogP contribution in [0.25, 0.3) is 0 Å². The van der Waals surface area contributed by atoms with E-state index in [0.717, 1.165) is 55.6 Å². The molecule has 0 radical (unpaired) electrons. The number of piperazine rings is 1. The molecule has 0 atom stereocenters. The number of carbonyl (C=O) groups excluding carboxylic acids is 1. The third kappa shape index (κ3) is 5.77. The fraction of sp³-hybridized carbons (Fsp3) is 0.350. The number of para-hydroxylation sites is 1. The van der Waals surface area contributed by atoms with Gasteiger partial charge in [0, 0.05) is 38.4 Å². The van der Waals surface area contributed by atoms with Crippen LogP contribution in [0.15, 0.2) is 48.5 Å². The van der Waals surface area contributed by atoms with E-state index >= 15 is 0 Å². The zero-order valence-corrected chi connectivity index (χ0v) is 16.0. The molecule has 0 aromatic heterocycles. The standard InChI is InChI=1S/C20H25ClN4O2/c21-18-4-1-2-5-19(18)25-13-11-24(12-14-25)10-3-15-27-17-8-6-16(7-9-17)23-20(22)26/h1-2,4-9H,3,10-15H2,(H3,22,23,26). The van der Waals surface area contributed by atoms with Crippen molar-refractivity contribution in [1.29, 1.82) is 0 Å². The van der Waals surface area contributed by atoms with Gasteiger partial charge in [-0.3, -0.25) is 4.90 Å². The van der Waals surface area contributed by atoms with Crippen molar-refractivity contribution in [3.8, 4) is 5.75 Å². The first-order chi connectivity index (χ1) is 13.1. The van der Waals surface area contributed by atoms with Crippen molar-refractivity contribution in [2.45, 2.75) is 6.42 Å². The molecular weight excluding hydrogens is 364 g/mol. The molecule has 1 aliphatic rings. The van der Waals surface area contributed by atoms with Crippen molar-refractivity contribution in [1.82, 2.24) is 4.90 Å². The minimum Gasteiger partial charge on any atom is -0.494 e. The van der Waals surface area contributed by atoms with E-state index in [-0.39, 0.29) is 0 Å². The molecule has 1 aliphatic heterocycles. The molecule has 0 unspecified atom stereocenters. The van der Waals surface area contributed by atoms with Crippen molar-refractivity contribution in [3.63, 3.8) is 0 Å². The molecule has 1 fully saturated rings. The Morgan fingerprint density at radius 2 is 1.78 bits per heavy atom. The average Bonchev–Trinajstić information content (AvgIpc) is 2.67. The summed E-state index contributed by atoms with van der Waals surface area (Å²) in [5.41, 5.74) is 6.87. The Labute approximate surface area is 164 Å². The molecule has 7 heteroatoms. The van der Waals surface area contributed by atoms with Gasteiger partial charge in [-0.2, -0.15) is 0 Å². The van der Waals surface area contributed by atoms with E-state index in [1.165, 1.54) is 0 Å². The molecule has 0 spiro atoms. The Morgan fingerprint density at radius 3 is 2.44 bits per heavy atom. The number of primary amides is 1. The van der Waals surface area contributed by atoms with Gasteiger partial charge in [-0.25, -0.2) is 4.79 Å². The number of carbonyl (C=O) groups is 1. The quantitative estimate of drug-likeness (QED) is 0.713. The molecule has 144 valence electrons. The summed E-state index contributed by atoms with van der Waals surface area (Å²) in [4.78, 5) is 15.6. The number of rotatable bonds is 7. The molecule has 2 aromatic carbocycles. The normalized spacial score (nSPS) is 14.8. The number of benzene rings is 2. The summed E-state index contributed by atoms with van der Waals surface area (Å²) >= 11 is 6.29. The van der Waals surface area contributed by atoms with Gasteiger partial charge in [-0.05, 0) is 42.8 Å². The summed E-state index contributed by atoms with van der Waals surface area (Å²) in [5.74, 6) is 0.786. The van der Waals surface area contributed by atoms with Gasteiger partial charge in [-0.1, -0.05) is 23.7 Å². The minimum atomic E-state index is -0.571. The first kappa shape index (κ1) is 19.3. The van der Waals surface area contributed by atoms with E-state index in [0.29, 0.717) is 12.3 Å². The van der Waals surface area contributed by atoms with Crippen LogP contribution in [0, 0.1) is 0 Å². The molecule has 6 nitrogen and oxygen atoms in total. The molecule has 0 saturated carbocycles. The SMILES string of the molecule is NC(=O)Nc1ccc(OCCCN2CCN(c3ccccc3Cl)CC2)cc1. The van der Waals surface area contributed by atoms with Crippen molar-refractivity contribution >= 4 is 29.0 Å². The molecular formula is C20H25ClN4O2. The summed E-state index contributed by atoms with van der Waals surface area (Å²) in [6.07, 6.45) is 0.966. The summed E-state index contributed by atoms with van der Waals surface area (Å²) in [6.45, 7) is 5.69. The second kappa shape index (κ2) is 9.48. The van der Waals surface area contributed by atoms with Gasteiger partial charge < -0.3 is 20.7 Å². The maximum Gasteiger partial charge on any atom is 0.316 e. The highest BCUT2D eigenvalue weighted by molar-refractivity contribution is 6.33. The smallest absolute Gasteiger partial charge is 0.316 e. The maximum atomic E-state index is 10.8. The van der Waals surface area contributed by atoms with E-state index in [1.807, 2.05) is 30.3 Å². The van der Waals surface area contributed by atoms with Crippen LogP contribution in [0.2, 0.25) is 5.02 Å². The predicted molar refractivity (Wildman–Crippen MR) is 110 cm³/mol. The number of hydrogen-bond donors (Lipinski definition) is 2. The van der Waals surface area contributed by atoms with Crippen LogP contribution in [0.5, 0.6) is 5.75 Å². The number of nitrogens with one attached hydrogen (secondary N) is 1. The Kier molecular flexibility index (Phi) is 6.79. The fourth-order valence-electron chi connectivity index (χ4n) is 3.18. The van der Waals surface area contributed by atoms with E-state index in [1.54, 1.807) is 12.1 Å². The highest BCUT2D eigenvalue weighted by atomic mass is 35.5. The number of halogens is 1. The van der Waals surface area contributed by atoms with Crippen molar-refractivity contribution in [2.24, 2.45) is 5.73 Å². The first-order valence-electron chi connectivity index (χ1n) is 9.13. The predicted octanol–water partition coefficient (Wildman–Crippen LogP) is 3.42. The molecule has 0 bridgehead atoms. The van der Waals surface area contributed by atoms with E-state index in [9.17, 15) is 4.79 Å². The van der Waals surface area contributed by atoms with Crippen LogP contribution in [0.3, 0.4) is 0 Å². The molecule has 3 rings (SSSR count). The second-order valence-corrected chi connectivity index (χ2v) is 6.90. The van der Waals surface area contributed by atoms with Crippen LogP contribution in [0.4, 0.5) is 16.2 Å². The Balaban J connectivity index is 1.35. The van der Waals surface area contributed by atoms with Crippen LogP contribution >= 0.6 is 11.6 Å². The lowest BCUT2D eigenvalue weighted by Crippen LogP contribution is -2.46.